The van der Waals surface area contributed by atoms with Crippen molar-refractivity contribution < 1.29 is 19.4 Å². The van der Waals surface area contributed by atoms with E-state index in [2.05, 4.69) is 5.32 Å². The van der Waals surface area contributed by atoms with Crippen molar-refractivity contribution in [2.24, 2.45) is 5.92 Å². The summed E-state index contributed by atoms with van der Waals surface area (Å²) in [4.78, 5) is 22.9. The van der Waals surface area contributed by atoms with Gasteiger partial charge in [0, 0.05) is 5.92 Å². The Morgan fingerprint density at radius 2 is 2.00 bits per heavy atom. The topological polar surface area (TPSA) is 75.6 Å². The summed E-state index contributed by atoms with van der Waals surface area (Å²) in [7, 11) is 0. The van der Waals surface area contributed by atoms with Gasteiger partial charge in [-0.05, 0) is 31.4 Å². The SMILES string of the molecule is CC(CCOc1ccccc1)C(=O)NC1(C(=O)O)CC1. The number of carboxylic acid groups (broad SMARTS) is 1. The molecule has 1 fully saturated rings. The Morgan fingerprint density at radius 3 is 2.55 bits per heavy atom. The zero-order valence-electron chi connectivity index (χ0n) is 11.5. The van der Waals surface area contributed by atoms with E-state index in [0.29, 0.717) is 25.9 Å². The van der Waals surface area contributed by atoms with Crippen LogP contribution in [-0.2, 0) is 9.59 Å². The van der Waals surface area contributed by atoms with Gasteiger partial charge in [-0.3, -0.25) is 4.79 Å². The number of benzene rings is 1. The molecule has 0 spiro atoms. The Balaban J connectivity index is 1.73. The fourth-order valence-electron chi connectivity index (χ4n) is 1.88. The molecule has 5 nitrogen and oxygen atoms in total. The van der Waals surface area contributed by atoms with E-state index in [-0.39, 0.29) is 11.8 Å². The lowest BCUT2D eigenvalue weighted by Gasteiger charge is -2.17. The molecule has 1 aromatic rings. The first-order chi connectivity index (χ1) is 9.53. The van der Waals surface area contributed by atoms with Crippen molar-refractivity contribution in [1.82, 2.24) is 5.32 Å². The number of ether oxygens (including phenoxy) is 1. The van der Waals surface area contributed by atoms with E-state index in [1.165, 1.54) is 0 Å². The molecule has 2 N–H and O–H groups in total. The van der Waals surface area contributed by atoms with E-state index in [9.17, 15) is 9.59 Å². The van der Waals surface area contributed by atoms with Crippen molar-refractivity contribution in [3.63, 3.8) is 0 Å². The molecule has 1 saturated carbocycles. The van der Waals surface area contributed by atoms with E-state index in [4.69, 9.17) is 9.84 Å². The molecule has 0 bridgehead atoms. The fraction of sp³-hybridized carbons (Fsp3) is 0.467. The third-order valence-corrected chi connectivity index (χ3v) is 3.53. The second kappa shape index (κ2) is 5.94. The van der Waals surface area contributed by atoms with Crippen molar-refractivity contribution in [2.45, 2.75) is 31.7 Å². The first-order valence-electron chi connectivity index (χ1n) is 6.77. The van der Waals surface area contributed by atoms with Gasteiger partial charge in [0.15, 0.2) is 0 Å². The highest BCUT2D eigenvalue weighted by atomic mass is 16.5. The number of carbonyl (C=O) groups is 2. The monoisotopic (exact) mass is 277 g/mol. The zero-order valence-corrected chi connectivity index (χ0v) is 11.5. The maximum atomic E-state index is 11.9. The Labute approximate surface area is 117 Å². The number of amides is 1. The minimum absolute atomic E-state index is 0.221. The van der Waals surface area contributed by atoms with Crippen LogP contribution in [0.2, 0.25) is 0 Å². The van der Waals surface area contributed by atoms with Crippen LogP contribution in [0.25, 0.3) is 0 Å². The molecule has 1 unspecified atom stereocenters. The standard InChI is InChI=1S/C15H19NO4/c1-11(7-10-20-12-5-3-2-4-6-12)13(17)16-15(8-9-15)14(18)19/h2-6,11H,7-10H2,1H3,(H,16,17)(H,18,19). The number of carboxylic acids is 1. The van der Waals surface area contributed by atoms with Crippen molar-refractivity contribution in [3.05, 3.63) is 30.3 Å². The van der Waals surface area contributed by atoms with Gasteiger partial charge in [-0.1, -0.05) is 25.1 Å². The normalized spacial score (nSPS) is 17.1. The highest BCUT2D eigenvalue weighted by Crippen LogP contribution is 2.35. The predicted molar refractivity (Wildman–Crippen MR) is 73.5 cm³/mol. The van der Waals surface area contributed by atoms with Crippen LogP contribution in [0.5, 0.6) is 5.75 Å². The molecular weight excluding hydrogens is 258 g/mol. The number of hydrogen-bond donors (Lipinski definition) is 2. The van der Waals surface area contributed by atoms with Crippen LogP contribution in [0.1, 0.15) is 26.2 Å². The number of hydrogen-bond acceptors (Lipinski definition) is 3. The van der Waals surface area contributed by atoms with E-state index in [1.54, 1.807) is 6.92 Å². The minimum Gasteiger partial charge on any atom is -0.494 e. The molecule has 20 heavy (non-hydrogen) atoms. The molecule has 0 radical (unpaired) electrons. The van der Waals surface area contributed by atoms with Gasteiger partial charge < -0.3 is 15.2 Å². The quantitative estimate of drug-likeness (QED) is 0.797. The summed E-state index contributed by atoms with van der Waals surface area (Å²) in [5.74, 6) is -0.667. The maximum Gasteiger partial charge on any atom is 0.329 e. The number of nitrogens with one attached hydrogen (secondary N) is 1. The lowest BCUT2D eigenvalue weighted by molar-refractivity contribution is -0.143. The predicted octanol–water partition coefficient (Wildman–Crippen LogP) is 1.82. The summed E-state index contributed by atoms with van der Waals surface area (Å²) >= 11 is 0. The second-order valence-corrected chi connectivity index (χ2v) is 5.23. The van der Waals surface area contributed by atoms with Crippen molar-refractivity contribution >= 4 is 11.9 Å². The van der Waals surface area contributed by atoms with Crippen LogP contribution in [0.4, 0.5) is 0 Å². The first kappa shape index (κ1) is 14.4. The van der Waals surface area contributed by atoms with Crippen molar-refractivity contribution in [2.75, 3.05) is 6.61 Å². The molecule has 1 aromatic carbocycles. The molecule has 0 aliphatic heterocycles. The molecule has 0 saturated heterocycles. The first-order valence-corrected chi connectivity index (χ1v) is 6.77. The average molecular weight is 277 g/mol. The van der Waals surface area contributed by atoms with Gasteiger partial charge in [0.1, 0.15) is 11.3 Å². The summed E-state index contributed by atoms with van der Waals surface area (Å²) in [6.45, 7) is 2.21. The van der Waals surface area contributed by atoms with Gasteiger partial charge in [0.25, 0.3) is 0 Å². The number of carbonyl (C=O) groups excluding carboxylic acids is 1. The van der Waals surface area contributed by atoms with E-state index < -0.39 is 11.5 Å². The van der Waals surface area contributed by atoms with Crippen LogP contribution in [0.3, 0.4) is 0 Å². The van der Waals surface area contributed by atoms with Gasteiger partial charge in [0.2, 0.25) is 5.91 Å². The van der Waals surface area contributed by atoms with Crippen LogP contribution < -0.4 is 10.1 Å². The highest BCUT2D eigenvalue weighted by molar-refractivity contribution is 5.90. The van der Waals surface area contributed by atoms with Crippen LogP contribution in [-0.4, -0.2) is 29.1 Å². The summed E-state index contributed by atoms with van der Waals surface area (Å²) in [6.07, 6.45) is 1.58. The number of para-hydroxylation sites is 1. The summed E-state index contributed by atoms with van der Waals surface area (Å²) in [6, 6.07) is 9.39. The van der Waals surface area contributed by atoms with Crippen molar-refractivity contribution in [1.29, 1.82) is 0 Å². The largest absolute Gasteiger partial charge is 0.494 e. The minimum atomic E-state index is -1.01. The Bertz CT molecular complexity index is 482. The van der Waals surface area contributed by atoms with E-state index in [1.807, 2.05) is 30.3 Å². The summed E-state index contributed by atoms with van der Waals surface area (Å²) < 4.78 is 5.52. The maximum absolute atomic E-state index is 11.9. The van der Waals surface area contributed by atoms with E-state index >= 15 is 0 Å². The molecule has 108 valence electrons. The summed E-state index contributed by atoms with van der Waals surface area (Å²) in [5, 5.41) is 11.6. The molecule has 2 rings (SSSR count). The van der Waals surface area contributed by atoms with Gasteiger partial charge in [-0.25, -0.2) is 4.79 Å². The smallest absolute Gasteiger partial charge is 0.329 e. The molecular formula is C15H19NO4. The van der Waals surface area contributed by atoms with Crippen molar-refractivity contribution in [3.8, 4) is 5.75 Å². The third kappa shape index (κ3) is 3.50. The summed E-state index contributed by atoms with van der Waals surface area (Å²) in [5.41, 5.74) is -1.01. The molecule has 5 heteroatoms. The average Bonchev–Trinajstić information content (AvgIpc) is 3.21. The molecule has 0 aromatic heterocycles. The fourth-order valence-corrected chi connectivity index (χ4v) is 1.88. The van der Waals surface area contributed by atoms with Gasteiger partial charge in [0.05, 0.1) is 6.61 Å². The number of aliphatic carboxylic acids is 1. The Hall–Kier alpha value is -2.04. The highest BCUT2D eigenvalue weighted by Gasteiger charge is 2.51. The van der Waals surface area contributed by atoms with Gasteiger partial charge >= 0.3 is 5.97 Å². The van der Waals surface area contributed by atoms with Crippen LogP contribution >= 0.6 is 0 Å². The molecule has 1 aliphatic carbocycles. The Morgan fingerprint density at radius 1 is 1.35 bits per heavy atom. The zero-order chi connectivity index (χ0) is 14.6. The van der Waals surface area contributed by atoms with Gasteiger partial charge in [-0.15, -0.1) is 0 Å². The second-order valence-electron chi connectivity index (χ2n) is 5.23. The molecule has 0 heterocycles. The third-order valence-electron chi connectivity index (χ3n) is 3.53. The van der Waals surface area contributed by atoms with Crippen LogP contribution in [0, 0.1) is 5.92 Å². The molecule has 1 amide bonds. The van der Waals surface area contributed by atoms with E-state index in [0.717, 1.165) is 5.75 Å². The Kier molecular flexibility index (Phi) is 4.27. The lowest BCUT2D eigenvalue weighted by Crippen LogP contribution is -2.45. The molecule has 1 aliphatic rings. The number of rotatable bonds is 7. The molecule has 1 atom stereocenters. The lowest BCUT2D eigenvalue weighted by atomic mass is 10.1. The van der Waals surface area contributed by atoms with Gasteiger partial charge in [-0.2, -0.15) is 0 Å². The van der Waals surface area contributed by atoms with Crippen LogP contribution in [0.15, 0.2) is 30.3 Å².